The lowest BCUT2D eigenvalue weighted by molar-refractivity contribution is 0.112. The summed E-state index contributed by atoms with van der Waals surface area (Å²) >= 11 is 1.62. The Bertz CT molecular complexity index is 250. The molecule has 60 valence electrons. The summed E-state index contributed by atoms with van der Waals surface area (Å²) in [5.41, 5.74) is 1.20. The number of aldehydes is 1. The molecule has 0 N–H and O–H groups in total. The maximum absolute atomic E-state index is 10.5. The first kappa shape index (κ1) is 8.47. The van der Waals surface area contributed by atoms with E-state index in [0.717, 1.165) is 24.0 Å². The minimum absolute atomic E-state index is 0.907. The number of carbonyl (C=O) groups excluding carboxylic acids is 1. The van der Waals surface area contributed by atoms with Crippen molar-refractivity contribution in [2.75, 3.05) is 0 Å². The van der Waals surface area contributed by atoms with E-state index in [1.54, 1.807) is 11.3 Å². The molecule has 0 aliphatic heterocycles. The summed E-state index contributed by atoms with van der Waals surface area (Å²) in [7, 11) is 0. The van der Waals surface area contributed by atoms with Crippen LogP contribution in [0.2, 0.25) is 0 Å². The average molecular weight is 168 g/mol. The predicted molar refractivity (Wildman–Crippen MR) is 48.5 cm³/mol. The van der Waals surface area contributed by atoms with E-state index in [1.165, 1.54) is 10.4 Å². The van der Waals surface area contributed by atoms with E-state index < -0.39 is 0 Å². The lowest BCUT2D eigenvalue weighted by Crippen LogP contribution is -1.80. The van der Waals surface area contributed by atoms with Gasteiger partial charge in [-0.3, -0.25) is 4.79 Å². The quantitative estimate of drug-likeness (QED) is 0.634. The van der Waals surface area contributed by atoms with E-state index in [4.69, 9.17) is 0 Å². The van der Waals surface area contributed by atoms with Gasteiger partial charge < -0.3 is 0 Å². The zero-order valence-corrected chi connectivity index (χ0v) is 7.70. The van der Waals surface area contributed by atoms with Crippen molar-refractivity contribution in [3.8, 4) is 0 Å². The Morgan fingerprint density at radius 2 is 2.18 bits per heavy atom. The lowest BCUT2D eigenvalue weighted by Gasteiger charge is -1.87. The second-order valence-electron chi connectivity index (χ2n) is 2.43. The van der Waals surface area contributed by atoms with Crippen molar-refractivity contribution < 1.29 is 4.79 Å². The second kappa shape index (κ2) is 3.67. The Kier molecular flexibility index (Phi) is 2.83. The SMILES string of the molecule is CCc1cc(CC)c(C=O)s1. The molecule has 1 nitrogen and oxygen atoms in total. The van der Waals surface area contributed by atoms with E-state index >= 15 is 0 Å². The summed E-state index contributed by atoms with van der Waals surface area (Å²) in [6, 6.07) is 2.13. The Labute approximate surface area is 71.1 Å². The molecule has 0 atom stereocenters. The van der Waals surface area contributed by atoms with Gasteiger partial charge in [-0.05, 0) is 24.5 Å². The van der Waals surface area contributed by atoms with Gasteiger partial charge in [-0.1, -0.05) is 13.8 Å². The van der Waals surface area contributed by atoms with E-state index in [-0.39, 0.29) is 0 Å². The number of rotatable bonds is 3. The van der Waals surface area contributed by atoms with Crippen LogP contribution in [0, 0.1) is 0 Å². The standard InChI is InChI=1S/C9H12OS/c1-3-7-5-8(4-2)11-9(7)6-10/h5-6H,3-4H2,1-2H3. The molecule has 0 aromatic carbocycles. The van der Waals surface area contributed by atoms with Crippen LogP contribution in [0.25, 0.3) is 0 Å². The first-order valence-electron chi connectivity index (χ1n) is 3.88. The van der Waals surface area contributed by atoms with Crippen LogP contribution in [0.4, 0.5) is 0 Å². The molecule has 2 heteroatoms. The van der Waals surface area contributed by atoms with Crippen molar-refractivity contribution in [3.63, 3.8) is 0 Å². The summed E-state index contributed by atoms with van der Waals surface area (Å²) in [6.45, 7) is 4.19. The molecule has 0 saturated carbocycles. The average Bonchev–Trinajstić information content (AvgIpc) is 2.46. The van der Waals surface area contributed by atoms with Gasteiger partial charge in [0.25, 0.3) is 0 Å². The first-order chi connectivity index (χ1) is 5.31. The Morgan fingerprint density at radius 1 is 1.45 bits per heavy atom. The van der Waals surface area contributed by atoms with Crippen LogP contribution in [0.3, 0.4) is 0 Å². The first-order valence-corrected chi connectivity index (χ1v) is 4.70. The minimum atomic E-state index is 0.907. The fraction of sp³-hybridized carbons (Fsp3) is 0.444. The molecular formula is C9H12OS. The fourth-order valence-electron chi connectivity index (χ4n) is 1.05. The molecule has 0 unspecified atom stereocenters. The zero-order chi connectivity index (χ0) is 8.27. The van der Waals surface area contributed by atoms with Crippen molar-refractivity contribution in [2.24, 2.45) is 0 Å². The molecule has 0 radical (unpaired) electrons. The third-order valence-electron chi connectivity index (χ3n) is 1.73. The van der Waals surface area contributed by atoms with Crippen LogP contribution in [-0.2, 0) is 12.8 Å². The van der Waals surface area contributed by atoms with Crippen molar-refractivity contribution in [1.29, 1.82) is 0 Å². The molecule has 0 saturated heterocycles. The van der Waals surface area contributed by atoms with Crippen LogP contribution in [0.15, 0.2) is 6.07 Å². The second-order valence-corrected chi connectivity index (χ2v) is 3.60. The molecule has 0 bridgehead atoms. The van der Waals surface area contributed by atoms with Gasteiger partial charge in [0, 0.05) is 4.88 Å². The lowest BCUT2D eigenvalue weighted by atomic mass is 10.2. The van der Waals surface area contributed by atoms with E-state index in [0.29, 0.717) is 0 Å². The number of aryl methyl sites for hydroxylation is 2. The highest BCUT2D eigenvalue weighted by atomic mass is 32.1. The largest absolute Gasteiger partial charge is 0.297 e. The molecule has 1 rings (SSSR count). The van der Waals surface area contributed by atoms with Crippen molar-refractivity contribution in [1.82, 2.24) is 0 Å². The monoisotopic (exact) mass is 168 g/mol. The van der Waals surface area contributed by atoms with Gasteiger partial charge in [-0.25, -0.2) is 0 Å². The molecule has 0 amide bonds. The zero-order valence-electron chi connectivity index (χ0n) is 6.89. The molecule has 1 aromatic rings. The van der Waals surface area contributed by atoms with Crippen LogP contribution >= 0.6 is 11.3 Å². The molecule has 1 aromatic heterocycles. The highest BCUT2D eigenvalue weighted by Gasteiger charge is 2.04. The maximum atomic E-state index is 10.5. The molecule has 11 heavy (non-hydrogen) atoms. The predicted octanol–water partition coefficient (Wildman–Crippen LogP) is 2.69. The third kappa shape index (κ3) is 1.69. The summed E-state index contributed by atoms with van der Waals surface area (Å²) < 4.78 is 0. The molecule has 0 fully saturated rings. The highest BCUT2D eigenvalue weighted by molar-refractivity contribution is 7.13. The number of thiophene rings is 1. The van der Waals surface area contributed by atoms with Crippen LogP contribution in [0.1, 0.15) is 34.0 Å². The molecule has 0 spiro atoms. The Hall–Kier alpha value is -0.630. The van der Waals surface area contributed by atoms with Gasteiger partial charge in [0.2, 0.25) is 0 Å². The van der Waals surface area contributed by atoms with Gasteiger partial charge in [0.05, 0.1) is 4.88 Å². The number of carbonyl (C=O) groups is 1. The van der Waals surface area contributed by atoms with Crippen molar-refractivity contribution in [3.05, 3.63) is 21.4 Å². The van der Waals surface area contributed by atoms with Gasteiger partial charge in [-0.2, -0.15) is 0 Å². The molecule has 1 heterocycles. The van der Waals surface area contributed by atoms with Gasteiger partial charge in [-0.15, -0.1) is 11.3 Å². The van der Waals surface area contributed by atoms with Gasteiger partial charge in [0.1, 0.15) is 0 Å². The minimum Gasteiger partial charge on any atom is -0.297 e. The third-order valence-corrected chi connectivity index (χ3v) is 2.98. The maximum Gasteiger partial charge on any atom is 0.160 e. The van der Waals surface area contributed by atoms with Gasteiger partial charge >= 0.3 is 0 Å². The highest BCUT2D eigenvalue weighted by Crippen LogP contribution is 2.21. The summed E-state index contributed by atoms with van der Waals surface area (Å²) in [4.78, 5) is 12.7. The summed E-state index contributed by atoms with van der Waals surface area (Å²) in [6.07, 6.45) is 2.96. The van der Waals surface area contributed by atoms with Gasteiger partial charge in [0.15, 0.2) is 6.29 Å². The Balaban J connectivity index is 3.01. The van der Waals surface area contributed by atoms with E-state index in [2.05, 4.69) is 19.9 Å². The summed E-state index contributed by atoms with van der Waals surface area (Å²) in [5, 5.41) is 0. The van der Waals surface area contributed by atoms with Crippen LogP contribution < -0.4 is 0 Å². The smallest absolute Gasteiger partial charge is 0.160 e. The molecule has 0 aliphatic carbocycles. The molecular weight excluding hydrogens is 156 g/mol. The van der Waals surface area contributed by atoms with Crippen molar-refractivity contribution in [2.45, 2.75) is 26.7 Å². The topological polar surface area (TPSA) is 17.1 Å². The fourth-order valence-corrected chi connectivity index (χ4v) is 2.06. The summed E-state index contributed by atoms with van der Waals surface area (Å²) in [5.74, 6) is 0. The van der Waals surface area contributed by atoms with Crippen molar-refractivity contribution >= 4 is 17.6 Å². The van der Waals surface area contributed by atoms with Crippen LogP contribution in [0.5, 0.6) is 0 Å². The number of hydrogen-bond acceptors (Lipinski definition) is 2. The van der Waals surface area contributed by atoms with Crippen LogP contribution in [-0.4, -0.2) is 6.29 Å². The van der Waals surface area contributed by atoms with E-state index in [1.807, 2.05) is 0 Å². The Morgan fingerprint density at radius 3 is 2.55 bits per heavy atom. The molecule has 0 aliphatic rings. The van der Waals surface area contributed by atoms with E-state index in [9.17, 15) is 4.79 Å². The number of hydrogen-bond donors (Lipinski definition) is 0. The normalized spacial score (nSPS) is 10.0.